The third-order valence-electron chi connectivity index (χ3n) is 1.93. The maximum Gasteiger partial charge on any atom is 2.00 e. The molecular formula is C15H17FeN. The molecule has 1 heterocycles. The van der Waals surface area contributed by atoms with E-state index < -0.39 is 0 Å². The van der Waals surface area contributed by atoms with Gasteiger partial charge in [-0.15, -0.1) is 12.8 Å². The van der Waals surface area contributed by atoms with Crippen molar-refractivity contribution in [3.8, 4) is 0 Å². The Morgan fingerprint density at radius 1 is 1.06 bits per heavy atom. The molecule has 17 heavy (non-hydrogen) atoms. The average Bonchev–Trinajstić information content (AvgIpc) is 3.07. The molecule has 0 radical (unpaired) electrons. The molecule has 0 saturated heterocycles. The summed E-state index contributed by atoms with van der Waals surface area (Å²) in [6, 6.07) is 4.01. The number of allylic oxidation sites excluding steroid dienone is 8. The van der Waals surface area contributed by atoms with Crippen molar-refractivity contribution < 1.29 is 17.1 Å². The predicted octanol–water partition coefficient (Wildman–Crippen LogP) is 3.93. The predicted molar refractivity (Wildman–Crippen MR) is 68.7 cm³/mol. The first-order valence-corrected chi connectivity index (χ1v) is 5.43. The zero-order valence-electron chi connectivity index (χ0n) is 9.96. The molecule has 2 heteroatoms. The van der Waals surface area contributed by atoms with E-state index in [1.807, 2.05) is 49.6 Å². The normalized spacial score (nSPS) is 13.5. The molecule has 0 saturated carbocycles. The monoisotopic (exact) mass is 267 g/mol. The molecule has 1 aromatic rings. The van der Waals surface area contributed by atoms with Gasteiger partial charge in [-0.2, -0.15) is 12.2 Å². The van der Waals surface area contributed by atoms with Gasteiger partial charge in [-0.3, -0.25) is 12.2 Å². The van der Waals surface area contributed by atoms with Crippen LogP contribution in [0.15, 0.2) is 54.8 Å². The Morgan fingerprint density at radius 2 is 1.65 bits per heavy atom. The molecule has 1 nitrogen and oxygen atoms in total. The minimum Gasteiger partial charge on any atom is -0.365 e. The van der Waals surface area contributed by atoms with E-state index in [0.717, 1.165) is 12.8 Å². The van der Waals surface area contributed by atoms with Crippen molar-refractivity contribution >= 4 is 0 Å². The van der Waals surface area contributed by atoms with Gasteiger partial charge in [0, 0.05) is 11.9 Å². The molecule has 0 spiro atoms. The second-order valence-electron chi connectivity index (χ2n) is 3.36. The Kier molecular flexibility index (Phi) is 10.4. The summed E-state index contributed by atoms with van der Waals surface area (Å²) in [4.78, 5) is 3.00. The summed E-state index contributed by atoms with van der Waals surface area (Å²) in [6.45, 7) is 2.03. The number of aryl methyl sites for hydroxylation is 1. The Morgan fingerprint density at radius 3 is 1.76 bits per heavy atom. The molecule has 0 aromatic carbocycles. The molecule has 0 bridgehead atoms. The van der Waals surface area contributed by atoms with Crippen molar-refractivity contribution in [1.29, 1.82) is 0 Å². The van der Waals surface area contributed by atoms with Crippen molar-refractivity contribution in [2.24, 2.45) is 0 Å². The first kappa shape index (κ1) is 15.8. The van der Waals surface area contributed by atoms with Crippen LogP contribution in [0.2, 0.25) is 0 Å². The van der Waals surface area contributed by atoms with Crippen LogP contribution in [0.3, 0.4) is 0 Å². The number of hydrogen-bond acceptors (Lipinski definition) is 0. The summed E-state index contributed by atoms with van der Waals surface area (Å²) >= 11 is 0. The van der Waals surface area contributed by atoms with Gasteiger partial charge in [0.15, 0.2) is 0 Å². The van der Waals surface area contributed by atoms with Gasteiger partial charge in [0.05, 0.1) is 0 Å². The fourth-order valence-corrected chi connectivity index (χ4v) is 1.10. The molecule has 0 amide bonds. The van der Waals surface area contributed by atoms with Crippen molar-refractivity contribution in [1.82, 2.24) is 4.98 Å². The Labute approximate surface area is 114 Å². The minimum absolute atomic E-state index is 0. The van der Waals surface area contributed by atoms with Crippen LogP contribution in [0.25, 0.3) is 0 Å². The number of nitrogens with one attached hydrogen (secondary N) is 1. The van der Waals surface area contributed by atoms with Crippen molar-refractivity contribution in [2.75, 3.05) is 0 Å². The summed E-state index contributed by atoms with van der Waals surface area (Å²) in [7, 11) is 0. The van der Waals surface area contributed by atoms with Gasteiger partial charge in [0.2, 0.25) is 0 Å². The summed E-state index contributed by atoms with van der Waals surface area (Å²) in [5.41, 5.74) is 1.22. The molecule has 0 aliphatic heterocycles. The molecule has 2 aliphatic rings. The fourth-order valence-electron chi connectivity index (χ4n) is 1.10. The van der Waals surface area contributed by atoms with E-state index in [9.17, 15) is 0 Å². The molecular weight excluding hydrogens is 250 g/mol. The summed E-state index contributed by atoms with van der Waals surface area (Å²) in [5, 5.41) is 0. The van der Waals surface area contributed by atoms with Crippen molar-refractivity contribution in [3.63, 3.8) is 0 Å². The fraction of sp³-hybridized carbons (Fsp3) is 0.200. The molecule has 0 atom stereocenters. The molecule has 0 fully saturated rings. The summed E-state index contributed by atoms with van der Waals surface area (Å²) in [6.07, 6.45) is 21.9. The smallest absolute Gasteiger partial charge is 0.365 e. The molecule has 0 unspecified atom stereocenters. The third-order valence-corrected chi connectivity index (χ3v) is 1.93. The number of rotatable bonds is 0. The molecule has 1 aromatic heterocycles. The van der Waals surface area contributed by atoms with Gasteiger partial charge >= 0.3 is 17.1 Å². The van der Waals surface area contributed by atoms with E-state index in [1.54, 1.807) is 0 Å². The van der Waals surface area contributed by atoms with Gasteiger partial charge in [-0.25, -0.2) is 24.3 Å². The van der Waals surface area contributed by atoms with Crippen molar-refractivity contribution in [2.45, 2.75) is 19.8 Å². The van der Waals surface area contributed by atoms with E-state index in [0.29, 0.717) is 0 Å². The van der Waals surface area contributed by atoms with E-state index in [2.05, 4.69) is 29.3 Å². The quantitative estimate of drug-likeness (QED) is 0.541. The van der Waals surface area contributed by atoms with Crippen LogP contribution in [-0.4, -0.2) is 4.98 Å². The minimum atomic E-state index is 0. The largest absolute Gasteiger partial charge is 2.00 e. The summed E-state index contributed by atoms with van der Waals surface area (Å²) in [5.74, 6) is 0. The Hall–Kier alpha value is -1.24. The standard InChI is InChI=1S/C5H7N.2C5H5.Fe/c1-5-3-2-4-6-5;2*1-2-4-5-3-1;/h2-4,6H,1H3;2*1-3H,4H2;/q;2*-1;+2. The topological polar surface area (TPSA) is 15.8 Å². The first-order valence-electron chi connectivity index (χ1n) is 5.43. The molecule has 3 rings (SSSR count). The van der Waals surface area contributed by atoms with Crippen LogP contribution in [0.1, 0.15) is 18.5 Å². The maximum absolute atomic E-state index is 3.00. The maximum atomic E-state index is 3.00. The van der Waals surface area contributed by atoms with E-state index >= 15 is 0 Å². The zero-order valence-corrected chi connectivity index (χ0v) is 11.1. The van der Waals surface area contributed by atoms with E-state index in [1.165, 1.54) is 5.69 Å². The average molecular weight is 267 g/mol. The first-order chi connectivity index (χ1) is 7.89. The van der Waals surface area contributed by atoms with Crippen LogP contribution in [0.4, 0.5) is 0 Å². The second-order valence-corrected chi connectivity index (χ2v) is 3.36. The molecule has 1 N–H and O–H groups in total. The van der Waals surface area contributed by atoms with Gasteiger partial charge in [-0.1, -0.05) is 0 Å². The summed E-state index contributed by atoms with van der Waals surface area (Å²) < 4.78 is 0. The van der Waals surface area contributed by atoms with Gasteiger partial charge < -0.3 is 4.98 Å². The van der Waals surface area contributed by atoms with Gasteiger partial charge in [0.1, 0.15) is 0 Å². The Balaban J connectivity index is 0.000000221. The number of aromatic amines is 1. The van der Waals surface area contributed by atoms with Gasteiger partial charge in [-0.05, 0) is 19.1 Å². The van der Waals surface area contributed by atoms with Crippen LogP contribution in [-0.2, 0) is 17.1 Å². The zero-order chi connectivity index (χ0) is 11.5. The Bertz CT molecular complexity index is 328. The van der Waals surface area contributed by atoms with Crippen LogP contribution < -0.4 is 0 Å². The van der Waals surface area contributed by atoms with Crippen LogP contribution in [0.5, 0.6) is 0 Å². The third kappa shape index (κ3) is 9.68. The van der Waals surface area contributed by atoms with Gasteiger partial charge in [0.25, 0.3) is 0 Å². The number of H-pyrrole nitrogens is 1. The molecule has 2 aliphatic carbocycles. The second kappa shape index (κ2) is 11.3. The van der Waals surface area contributed by atoms with E-state index in [-0.39, 0.29) is 17.1 Å². The number of aromatic nitrogens is 1. The van der Waals surface area contributed by atoms with E-state index in [4.69, 9.17) is 0 Å². The number of hydrogen-bond donors (Lipinski definition) is 1. The van der Waals surface area contributed by atoms with Crippen LogP contribution in [0, 0.1) is 19.1 Å². The SMILES string of the molecule is Cc1ccc[nH]1.[C-]1=CC=CC1.[C-]1=CC=CC1.[Fe+2]. The van der Waals surface area contributed by atoms with Crippen LogP contribution >= 0.6 is 0 Å². The molecule has 90 valence electrons. The van der Waals surface area contributed by atoms with Crippen molar-refractivity contribution in [3.05, 3.63) is 72.6 Å².